The monoisotopic (exact) mass is 235 g/mol. The lowest BCUT2D eigenvalue weighted by atomic mass is 10.3. The Morgan fingerprint density at radius 3 is 2.88 bits per heavy atom. The molecule has 1 aliphatic rings. The van der Waals surface area contributed by atoms with E-state index in [1.165, 1.54) is 23.6 Å². The molecule has 16 heavy (non-hydrogen) atoms. The van der Waals surface area contributed by atoms with E-state index in [2.05, 4.69) is 9.97 Å². The van der Waals surface area contributed by atoms with Crippen LogP contribution in [0, 0.1) is 5.82 Å². The zero-order valence-electron chi connectivity index (χ0n) is 8.48. The number of aromatic nitrogens is 2. The highest BCUT2D eigenvalue weighted by atomic mass is 32.1. The van der Waals surface area contributed by atoms with Crippen molar-refractivity contribution in [3.8, 4) is 10.6 Å². The van der Waals surface area contributed by atoms with Crippen molar-refractivity contribution < 1.29 is 4.39 Å². The molecule has 0 atom stereocenters. The summed E-state index contributed by atoms with van der Waals surface area (Å²) in [5, 5.41) is 1.51. The second kappa shape index (κ2) is 3.52. The van der Waals surface area contributed by atoms with Gasteiger partial charge in [0.1, 0.15) is 15.8 Å². The average molecular weight is 235 g/mol. The van der Waals surface area contributed by atoms with Crippen molar-refractivity contribution in [3.63, 3.8) is 0 Å². The molecule has 0 bridgehead atoms. The van der Waals surface area contributed by atoms with Crippen molar-refractivity contribution in [1.29, 1.82) is 0 Å². The molecule has 3 rings (SSSR count). The number of thiazole rings is 1. The van der Waals surface area contributed by atoms with Crippen molar-refractivity contribution in [2.45, 2.75) is 18.8 Å². The maximum atomic E-state index is 13.0. The lowest BCUT2D eigenvalue weighted by Crippen LogP contribution is -1.87. The van der Waals surface area contributed by atoms with Gasteiger partial charge in [-0.05, 0) is 18.9 Å². The summed E-state index contributed by atoms with van der Waals surface area (Å²) in [6.45, 7) is 0. The number of hydrogen-bond donors (Lipinski definition) is 1. The van der Waals surface area contributed by atoms with Crippen LogP contribution in [0.4, 0.5) is 9.39 Å². The van der Waals surface area contributed by atoms with Gasteiger partial charge < -0.3 is 5.73 Å². The van der Waals surface area contributed by atoms with E-state index in [4.69, 9.17) is 5.73 Å². The predicted molar refractivity (Wildman–Crippen MR) is 61.7 cm³/mol. The Balaban J connectivity index is 2.03. The summed E-state index contributed by atoms with van der Waals surface area (Å²) in [6.07, 6.45) is 5.11. The lowest BCUT2D eigenvalue weighted by molar-refractivity contribution is 0.622. The Morgan fingerprint density at radius 2 is 2.19 bits per heavy atom. The zero-order valence-corrected chi connectivity index (χ0v) is 9.30. The van der Waals surface area contributed by atoms with Crippen LogP contribution in [0.2, 0.25) is 0 Å². The summed E-state index contributed by atoms with van der Waals surface area (Å²) in [5.41, 5.74) is 7.57. The molecule has 2 heterocycles. The third-order valence-electron chi connectivity index (χ3n) is 2.60. The quantitative estimate of drug-likeness (QED) is 0.870. The maximum Gasteiger partial charge on any atom is 0.142 e. The van der Waals surface area contributed by atoms with Crippen molar-refractivity contribution in [1.82, 2.24) is 9.97 Å². The molecule has 5 heteroatoms. The van der Waals surface area contributed by atoms with E-state index >= 15 is 0 Å². The fourth-order valence-corrected chi connectivity index (χ4v) is 2.54. The minimum absolute atomic E-state index is 0.348. The van der Waals surface area contributed by atoms with Crippen LogP contribution in [0.25, 0.3) is 10.6 Å². The molecular weight excluding hydrogens is 225 g/mol. The van der Waals surface area contributed by atoms with Gasteiger partial charge in [0.2, 0.25) is 0 Å². The molecule has 1 aliphatic carbocycles. The molecule has 0 saturated heterocycles. The van der Waals surface area contributed by atoms with E-state index in [1.807, 2.05) is 0 Å². The van der Waals surface area contributed by atoms with Crippen LogP contribution in [-0.2, 0) is 0 Å². The second-order valence-corrected chi connectivity index (χ2v) is 4.97. The Bertz CT molecular complexity index is 534. The number of hydrogen-bond acceptors (Lipinski definition) is 4. The van der Waals surface area contributed by atoms with Crippen LogP contribution in [0.5, 0.6) is 0 Å². The third-order valence-corrected chi connectivity index (χ3v) is 3.55. The molecule has 3 nitrogen and oxygen atoms in total. The number of rotatable bonds is 2. The van der Waals surface area contributed by atoms with Crippen LogP contribution in [0.15, 0.2) is 18.5 Å². The minimum Gasteiger partial charge on any atom is -0.389 e. The summed E-state index contributed by atoms with van der Waals surface area (Å²) in [7, 11) is 0. The first kappa shape index (κ1) is 9.72. The fraction of sp³-hybridized carbons (Fsp3) is 0.273. The fourth-order valence-electron chi connectivity index (χ4n) is 1.65. The molecule has 0 unspecified atom stereocenters. The number of nitrogens with two attached hydrogens (primary N) is 1. The van der Waals surface area contributed by atoms with Gasteiger partial charge in [0, 0.05) is 17.7 Å². The Morgan fingerprint density at radius 1 is 1.38 bits per heavy atom. The van der Waals surface area contributed by atoms with Crippen molar-refractivity contribution in [2.24, 2.45) is 0 Å². The molecular formula is C11H10FN3S. The first-order chi connectivity index (χ1) is 7.74. The van der Waals surface area contributed by atoms with Crippen LogP contribution in [-0.4, -0.2) is 9.97 Å². The highest BCUT2D eigenvalue weighted by Gasteiger charge is 2.29. The van der Waals surface area contributed by atoms with Crippen LogP contribution in [0.1, 0.15) is 24.5 Å². The average Bonchev–Trinajstić information content (AvgIpc) is 3.02. The standard InChI is InChI=1S/C11H10FN3S/c12-8-3-7(4-14-5-8)11-15-9(6-1-2-6)10(13)16-11/h3-6H,1-2,13H2. The van der Waals surface area contributed by atoms with E-state index in [1.54, 1.807) is 6.20 Å². The van der Waals surface area contributed by atoms with E-state index < -0.39 is 0 Å². The van der Waals surface area contributed by atoms with E-state index in [0.29, 0.717) is 11.5 Å². The molecule has 1 saturated carbocycles. The molecule has 0 aromatic carbocycles. The second-order valence-electron chi connectivity index (χ2n) is 3.93. The summed E-state index contributed by atoms with van der Waals surface area (Å²) < 4.78 is 13.0. The summed E-state index contributed by atoms with van der Waals surface area (Å²) >= 11 is 1.40. The van der Waals surface area contributed by atoms with Crippen molar-refractivity contribution >= 4 is 16.3 Å². The molecule has 0 amide bonds. The number of nitrogen functional groups attached to an aromatic ring is 1. The number of nitrogens with zero attached hydrogens (tertiary/aromatic N) is 2. The van der Waals surface area contributed by atoms with Crippen LogP contribution < -0.4 is 5.73 Å². The third kappa shape index (κ3) is 1.67. The molecule has 0 aliphatic heterocycles. The SMILES string of the molecule is Nc1sc(-c2cncc(F)c2)nc1C1CC1. The molecule has 0 spiro atoms. The van der Waals surface area contributed by atoms with Gasteiger partial charge in [-0.25, -0.2) is 9.37 Å². The van der Waals surface area contributed by atoms with Crippen LogP contribution in [0.3, 0.4) is 0 Å². The zero-order chi connectivity index (χ0) is 11.1. The van der Waals surface area contributed by atoms with Crippen LogP contribution >= 0.6 is 11.3 Å². The van der Waals surface area contributed by atoms with E-state index in [9.17, 15) is 4.39 Å². The molecule has 2 aromatic rings. The van der Waals surface area contributed by atoms with Gasteiger partial charge in [0.25, 0.3) is 0 Å². The van der Waals surface area contributed by atoms with Crippen molar-refractivity contribution in [3.05, 3.63) is 30.0 Å². The molecule has 2 aromatic heterocycles. The van der Waals surface area contributed by atoms with Gasteiger partial charge in [-0.15, -0.1) is 0 Å². The Hall–Kier alpha value is -1.49. The number of anilines is 1. The maximum absolute atomic E-state index is 13.0. The van der Waals surface area contributed by atoms with Gasteiger partial charge >= 0.3 is 0 Å². The number of pyridine rings is 1. The topological polar surface area (TPSA) is 51.8 Å². The Labute approximate surface area is 96.2 Å². The lowest BCUT2D eigenvalue weighted by Gasteiger charge is -1.94. The van der Waals surface area contributed by atoms with E-state index in [0.717, 1.165) is 28.5 Å². The normalized spacial score (nSPS) is 15.3. The highest BCUT2D eigenvalue weighted by Crippen LogP contribution is 2.45. The minimum atomic E-state index is -0.348. The largest absolute Gasteiger partial charge is 0.389 e. The first-order valence-electron chi connectivity index (χ1n) is 5.11. The first-order valence-corrected chi connectivity index (χ1v) is 5.93. The van der Waals surface area contributed by atoms with Gasteiger partial charge in [-0.3, -0.25) is 4.98 Å². The summed E-state index contributed by atoms with van der Waals surface area (Å²) in [6, 6.07) is 1.43. The summed E-state index contributed by atoms with van der Waals surface area (Å²) in [5.74, 6) is 0.172. The van der Waals surface area contributed by atoms with Gasteiger partial charge in [0.05, 0.1) is 11.9 Å². The van der Waals surface area contributed by atoms with Gasteiger partial charge in [-0.1, -0.05) is 11.3 Å². The predicted octanol–water partition coefficient (Wildman–Crippen LogP) is 2.80. The molecule has 2 N–H and O–H groups in total. The molecule has 0 radical (unpaired) electrons. The van der Waals surface area contributed by atoms with E-state index in [-0.39, 0.29) is 5.82 Å². The molecule has 82 valence electrons. The van der Waals surface area contributed by atoms with Gasteiger partial charge in [0.15, 0.2) is 0 Å². The summed E-state index contributed by atoms with van der Waals surface area (Å²) in [4.78, 5) is 8.28. The molecule has 1 fully saturated rings. The number of halogens is 1. The van der Waals surface area contributed by atoms with Crippen molar-refractivity contribution in [2.75, 3.05) is 5.73 Å². The Kier molecular flexibility index (Phi) is 2.14. The van der Waals surface area contributed by atoms with Gasteiger partial charge in [-0.2, -0.15) is 0 Å². The highest BCUT2D eigenvalue weighted by molar-refractivity contribution is 7.18. The smallest absolute Gasteiger partial charge is 0.142 e.